The van der Waals surface area contributed by atoms with Crippen LogP contribution in [0.15, 0.2) is 4.99 Å². The molecular weight excluding hydrogens is 122 g/mol. The summed E-state index contributed by atoms with van der Waals surface area (Å²) in [5, 5.41) is 0. The van der Waals surface area contributed by atoms with Crippen molar-refractivity contribution in [2.24, 2.45) is 10.9 Å². The molecule has 0 unspecified atom stereocenters. The fraction of sp³-hybridized carbons (Fsp3) is 0.889. The molecular formula is C9H19N. The van der Waals surface area contributed by atoms with E-state index in [0.29, 0.717) is 0 Å². The lowest BCUT2D eigenvalue weighted by molar-refractivity contribution is 0.679. The Balaban J connectivity index is 3.49. The van der Waals surface area contributed by atoms with Crippen molar-refractivity contribution in [3.63, 3.8) is 0 Å². The van der Waals surface area contributed by atoms with Crippen LogP contribution in [0.3, 0.4) is 0 Å². The first-order valence-corrected chi connectivity index (χ1v) is 4.16. The largest absolute Gasteiger partial charge is 0.294 e. The molecule has 0 aliphatic carbocycles. The van der Waals surface area contributed by atoms with Gasteiger partial charge in [-0.05, 0) is 25.7 Å². The van der Waals surface area contributed by atoms with Gasteiger partial charge in [0.05, 0.1) is 0 Å². The molecule has 10 heavy (non-hydrogen) atoms. The number of rotatable bonds is 4. The third kappa shape index (κ3) is 5.80. The third-order valence-electron chi connectivity index (χ3n) is 1.31. The zero-order chi connectivity index (χ0) is 7.98. The first kappa shape index (κ1) is 9.67. The van der Waals surface area contributed by atoms with E-state index in [0.717, 1.165) is 25.3 Å². The van der Waals surface area contributed by atoms with Gasteiger partial charge in [-0.25, -0.2) is 0 Å². The summed E-state index contributed by atoms with van der Waals surface area (Å²) in [5.41, 5.74) is 1.30. The zero-order valence-corrected chi connectivity index (χ0v) is 7.65. The van der Waals surface area contributed by atoms with Gasteiger partial charge in [0.1, 0.15) is 0 Å². The molecule has 0 spiro atoms. The summed E-state index contributed by atoms with van der Waals surface area (Å²) in [4.78, 5) is 4.40. The molecule has 1 heteroatoms. The van der Waals surface area contributed by atoms with Crippen molar-refractivity contribution in [2.75, 3.05) is 6.54 Å². The SMILES string of the molecule is CCCN=C(C)CC(C)C. The summed E-state index contributed by atoms with van der Waals surface area (Å²) in [7, 11) is 0. The second-order valence-corrected chi connectivity index (χ2v) is 3.21. The molecule has 0 bridgehead atoms. The molecule has 0 amide bonds. The first-order valence-electron chi connectivity index (χ1n) is 4.16. The second-order valence-electron chi connectivity index (χ2n) is 3.21. The molecule has 0 aliphatic rings. The van der Waals surface area contributed by atoms with Gasteiger partial charge in [0.2, 0.25) is 0 Å². The molecule has 0 heterocycles. The Bertz CT molecular complexity index is 103. The highest BCUT2D eigenvalue weighted by Gasteiger charge is 1.94. The minimum atomic E-state index is 0.751. The zero-order valence-electron chi connectivity index (χ0n) is 7.65. The van der Waals surface area contributed by atoms with Crippen molar-refractivity contribution < 1.29 is 0 Å². The molecule has 0 rings (SSSR count). The van der Waals surface area contributed by atoms with Gasteiger partial charge in [-0.15, -0.1) is 0 Å². The molecule has 0 aromatic rings. The van der Waals surface area contributed by atoms with Crippen LogP contribution in [0.5, 0.6) is 0 Å². The van der Waals surface area contributed by atoms with Crippen molar-refractivity contribution in [3.05, 3.63) is 0 Å². The topological polar surface area (TPSA) is 12.4 Å². The lowest BCUT2D eigenvalue weighted by atomic mass is 10.1. The monoisotopic (exact) mass is 141 g/mol. The van der Waals surface area contributed by atoms with E-state index in [2.05, 4.69) is 32.7 Å². The Hall–Kier alpha value is -0.330. The minimum Gasteiger partial charge on any atom is -0.294 e. The Morgan fingerprint density at radius 1 is 1.40 bits per heavy atom. The van der Waals surface area contributed by atoms with Crippen LogP contribution >= 0.6 is 0 Å². The second kappa shape index (κ2) is 5.45. The maximum absolute atomic E-state index is 4.40. The summed E-state index contributed by atoms with van der Waals surface area (Å²) < 4.78 is 0. The maximum Gasteiger partial charge on any atom is 0.0385 e. The van der Waals surface area contributed by atoms with E-state index in [1.54, 1.807) is 0 Å². The third-order valence-corrected chi connectivity index (χ3v) is 1.31. The van der Waals surface area contributed by atoms with Crippen molar-refractivity contribution in [1.29, 1.82) is 0 Å². The molecule has 0 saturated heterocycles. The minimum absolute atomic E-state index is 0.751. The lowest BCUT2D eigenvalue weighted by Gasteiger charge is -2.02. The highest BCUT2D eigenvalue weighted by molar-refractivity contribution is 5.81. The summed E-state index contributed by atoms with van der Waals surface area (Å²) in [6.45, 7) is 9.73. The predicted molar refractivity (Wildman–Crippen MR) is 47.7 cm³/mol. The van der Waals surface area contributed by atoms with E-state index in [4.69, 9.17) is 0 Å². The Kier molecular flexibility index (Phi) is 5.27. The average molecular weight is 141 g/mol. The fourth-order valence-corrected chi connectivity index (χ4v) is 0.958. The number of hydrogen-bond acceptors (Lipinski definition) is 1. The molecule has 0 fully saturated rings. The predicted octanol–water partition coefficient (Wildman–Crippen LogP) is 2.90. The molecule has 0 atom stereocenters. The van der Waals surface area contributed by atoms with Crippen LogP contribution in [0, 0.1) is 5.92 Å². The highest BCUT2D eigenvalue weighted by atomic mass is 14.7. The van der Waals surface area contributed by atoms with Crippen LogP contribution in [-0.4, -0.2) is 12.3 Å². The van der Waals surface area contributed by atoms with Gasteiger partial charge in [-0.2, -0.15) is 0 Å². The summed E-state index contributed by atoms with van der Waals surface area (Å²) >= 11 is 0. The molecule has 1 nitrogen and oxygen atoms in total. The van der Waals surface area contributed by atoms with Crippen LogP contribution in [-0.2, 0) is 0 Å². The normalized spacial score (nSPS) is 12.7. The summed E-state index contributed by atoms with van der Waals surface area (Å²) in [5.74, 6) is 0.751. The van der Waals surface area contributed by atoms with E-state index >= 15 is 0 Å². The molecule has 0 N–H and O–H groups in total. The number of aliphatic imine (C=N–C) groups is 1. The van der Waals surface area contributed by atoms with Gasteiger partial charge in [0.15, 0.2) is 0 Å². The van der Waals surface area contributed by atoms with Gasteiger partial charge in [-0.3, -0.25) is 4.99 Å². The first-order chi connectivity index (χ1) is 4.66. The smallest absolute Gasteiger partial charge is 0.0385 e. The van der Waals surface area contributed by atoms with E-state index in [-0.39, 0.29) is 0 Å². The van der Waals surface area contributed by atoms with E-state index in [9.17, 15) is 0 Å². The van der Waals surface area contributed by atoms with E-state index in [1.807, 2.05) is 0 Å². The van der Waals surface area contributed by atoms with Gasteiger partial charge >= 0.3 is 0 Å². The van der Waals surface area contributed by atoms with Crippen molar-refractivity contribution in [3.8, 4) is 0 Å². The quantitative estimate of drug-likeness (QED) is 0.534. The fourth-order valence-electron chi connectivity index (χ4n) is 0.958. The van der Waals surface area contributed by atoms with Gasteiger partial charge in [0, 0.05) is 12.3 Å². The Morgan fingerprint density at radius 3 is 2.40 bits per heavy atom. The highest BCUT2D eigenvalue weighted by Crippen LogP contribution is 2.01. The van der Waals surface area contributed by atoms with Crippen molar-refractivity contribution in [2.45, 2.75) is 40.5 Å². The standard InChI is InChI=1S/C9H19N/c1-5-6-10-9(4)7-8(2)3/h8H,5-7H2,1-4H3. The molecule has 60 valence electrons. The Labute approximate surface area is 64.6 Å². The van der Waals surface area contributed by atoms with Gasteiger partial charge in [-0.1, -0.05) is 20.8 Å². The maximum atomic E-state index is 4.40. The van der Waals surface area contributed by atoms with Crippen LogP contribution in [0.1, 0.15) is 40.5 Å². The van der Waals surface area contributed by atoms with E-state index in [1.165, 1.54) is 5.71 Å². The molecule has 0 aromatic heterocycles. The van der Waals surface area contributed by atoms with E-state index < -0.39 is 0 Å². The van der Waals surface area contributed by atoms with Crippen LogP contribution < -0.4 is 0 Å². The molecule has 0 radical (unpaired) electrons. The Morgan fingerprint density at radius 2 is 2.00 bits per heavy atom. The van der Waals surface area contributed by atoms with Crippen molar-refractivity contribution >= 4 is 5.71 Å². The summed E-state index contributed by atoms with van der Waals surface area (Å²) in [6.07, 6.45) is 2.31. The van der Waals surface area contributed by atoms with Crippen LogP contribution in [0.25, 0.3) is 0 Å². The molecule has 0 saturated carbocycles. The number of hydrogen-bond donors (Lipinski definition) is 0. The summed E-state index contributed by atoms with van der Waals surface area (Å²) in [6, 6.07) is 0. The van der Waals surface area contributed by atoms with Crippen molar-refractivity contribution in [1.82, 2.24) is 0 Å². The average Bonchev–Trinajstić information content (AvgIpc) is 1.82. The van der Waals surface area contributed by atoms with Gasteiger partial charge < -0.3 is 0 Å². The van der Waals surface area contributed by atoms with Crippen LogP contribution in [0.4, 0.5) is 0 Å². The molecule has 0 aliphatic heterocycles. The molecule has 0 aromatic carbocycles. The van der Waals surface area contributed by atoms with Crippen LogP contribution in [0.2, 0.25) is 0 Å². The number of nitrogens with zero attached hydrogens (tertiary/aromatic N) is 1. The van der Waals surface area contributed by atoms with Gasteiger partial charge in [0.25, 0.3) is 0 Å². The lowest BCUT2D eigenvalue weighted by Crippen LogP contribution is -1.98.